The van der Waals surface area contributed by atoms with E-state index >= 15 is 0 Å². The summed E-state index contributed by atoms with van der Waals surface area (Å²) in [6.07, 6.45) is 0.0600. The number of methoxy groups -OCH3 is 1. The molecule has 7 heteroatoms. The second-order valence-corrected chi connectivity index (χ2v) is 8.21. The summed E-state index contributed by atoms with van der Waals surface area (Å²) in [5, 5.41) is 0.579. The molecule has 1 heterocycles. The number of aromatic nitrogens is 2. The van der Waals surface area contributed by atoms with Gasteiger partial charge in [-0.2, -0.15) is 0 Å². The molecule has 0 aliphatic heterocycles. The number of benzene rings is 3. The molecule has 182 valence electrons. The molecule has 0 aliphatic carbocycles. The summed E-state index contributed by atoms with van der Waals surface area (Å²) in [6.45, 7) is 5.41. The van der Waals surface area contributed by atoms with Crippen molar-refractivity contribution in [2.24, 2.45) is 0 Å². The van der Waals surface area contributed by atoms with E-state index in [-0.39, 0.29) is 11.7 Å². The van der Waals surface area contributed by atoms with Gasteiger partial charge < -0.3 is 18.9 Å². The third kappa shape index (κ3) is 6.00. The lowest BCUT2D eigenvalue weighted by atomic mass is 10.1. The van der Waals surface area contributed by atoms with Gasteiger partial charge >= 0.3 is 0 Å². The fourth-order valence-corrected chi connectivity index (χ4v) is 3.73. The predicted molar refractivity (Wildman–Crippen MR) is 137 cm³/mol. The van der Waals surface area contributed by atoms with E-state index in [4.69, 9.17) is 23.9 Å². The summed E-state index contributed by atoms with van der Waals surface area (Å²) in [5.41, 5.74) is 1.40. The van der Waals surface area contributed by atoms with Gasteiger partial charge in [0.1, 0.15) is 18.2 Å². The Balaban J connectivity index is 1.43. The average molecular weight is 475 g/mol. The summed E-state index contributed by atoms with van der Waals surface area (Å²) in [4.78, 5) is 18.1. The maximum absolute atomic E-state index is 13.3. The topological polar surface area (TPSA) is 71.8 Å². The summed E-state index contributed by atoms with van der Waals surface area (Å²) >= 11 is 0. The third-order valence-corrected chi connectivity index (χ3v) is 5.37. The van der Waals surface area contributed by atoms with Gasteiger partial charge in [0.2, 0.25) is 0 Å². The summed E-state index contributed by atoms with van der Waals surface area (Å²) < 4.78 is 24.4. The zero-order valence-electron chi connectivity index (χ0n) is 20.3. The van der Waals surface area contributed by atoms with Crippen LogP contribution in [0.2, 0.25) is 0 Å². The van der Waals surface area contributed by atoms with E-state index < -0.39 is 0 Å². The first-order chi connectivity index (χ1) is 17.1. The number of nitrogens with zero attached hydrogens (tertiary/aromatic N) is 2. The molecule has 4 rings (SSSR count). The fraction of sp³-hybridized carbons (Fsp3) is 0.286. The second-order valence-electron chi connectivity index (χ2n) is 8.21. The van der Waals surface area contributed by atoms with Crippen LogP contribution in [0, 0.1) is 0 Å². The molecule has 0 atom stereocenters. The molecular weight excluding hydrogens is 444 g/mol. The monoisotopic (exact) mass is 474 g/mol. The first kappa shape index (κ1) is 24.3. The smallest absolute Gasteiger partial charge is 0.261 e. The number of hydrogen-bond acceptors (Lipinski definition) is 6. The Morgan fingerprint density at radius 2 is 1.57 bits per heavy atom. The van der Waals surface area contributed by atoms with Gasteiger partial charge in [-0.25, -0.2) is 4.98 Å². The van der Waals surface area contributed by atoms with Crippen molar-refractivity contribution in [1.29, 1.82) is 0 Å². The highest BCUT2D eigenvalue weighted by atomic mass is 16.5. The van der Waals surface area contributed by atoms with Gasteiger partial charge in [0, 0.05) is 5.56 Å². The maximum Gasteiger partial charge on any atom is 0.261 e. The van der Waals surface area contributed by atoms with Gasteiger partial charge in [0.05, 0.1) is 43.9 Å². The molecule has 0 saturated heterocycles. The molecule has 3 aromatic carbocycles. The van der Waals surface area contributed by atoms with Crippen molar-refractivity contribution < 1.29 is 18.9 Å². The SMILES string of the molecule is COc1ccc(-c2nc3ccccc3c(=O)n2CCOCCOc2ccccc2OC(C)C)cc1. The van der Waals surface area contributed by atoms with Crippen LogP contribution >= 0.6 is 0 Å². The lowest BCUT2D eigenvalue weighted by Crippen LogP contribution is -2.26. The molecule has 0 radical (unpaired) electrons. The molecule has 1 aromatic heterocycles. The molecule has 0 aliphatic rings. The number of fused-ring (bicyclic) bond motifs is 1. The Morgan fingerprint density at radius 3 is 2.31 bits per heavy atom. The zero-order valence-corrected chi connectivity index (χ0v) is 20.3. The Labute approximate surface area is 204 Å². The maximum atomic E-state index is 13.3. The van der Waals surface area contributed by atoms with Crippen molar-refractivity contribution in [1.82, 2.24) is 9.55 Å². The van der Waals surface area contributed by atoms with E-state index in [1.165, 1.54) is 0 Å². The van der Waals surface area contributed by atoms with Crippen molar-refractivity contribution in [3.8, 4) is 28.6 Å². The molecule has 4 aromatic rings. The van der Waals surface area contributed by atoms with Gasteiger partial charge in [-0.3, -0.25) is 9.36 Å². The number of ether oxygens (including phenoxy) is 4. The molecule has 0 amide bonds. The lowest BCUT2D eigenvalue weighted by molar-refractivity contribution is 0.0921. The van der Waals surface area contributed by atoms with E-state index in [1.54, 1.807) is 17.7 Å². The van der Waals surface area contributed by atoms with Crippen LogP contribution in [-0.2, 0) is 11.3 Å². The highest BCUT2D eigenvalue weighted by molar-refractivity contribution is 5.79. The second kappa shape index (κ2) is 11.5. The summed E-state index contributed by atoms with van der Waals surface area (Å²) in [7, 11) is 1.62. The minimum Gasteiger partial charge on any atom is -0.497 e. The zero-order chi connectivity index (χ0) is 24.6. The summed E-state index contributed by atoms with van der Waals surface area (Å²) in [6, 6.07) is 22.5. The van der Waals surface area contributed by atoms with E-state index in [2.05, 4.69) is 0 Å². The van der Waals surface area contributed by atoms with Gasteiger partial charge in [-0.05, 0) is 62.4 Å². The molecule has 0 unspecified atom stereocenters. The molecular formula is C28H30N2O5. The Hall–Kier alpha value is -3.84. The van der Waals surface area contributed by atoms with Crippen molar-refractivity contribution >= 4 is 10.9 Å². The Kier molecular flexibility index (Phi) is 8.00. The normalized spacial score (nSPS) is 11.1. The summed E-state index contributed by atoms with van der Waals surface area (Å²) in [5.74, 6) is 2.73. The van der Waals surface area contributed by atoms with E-state index in [0.29, 0.717) is 54.6 Å². The van der Waals surface area contributed by atoms with Crippen LogP contribution in [0.4, 0.5) is 0 Å². The van der Waals surface area contributed by atoms with E-state index in [0.717, 1.165) is 11.3 Å². The molecule has 0 saturated carbocycles. The van der Waals surface area contributed by atoms with Crippen molar-refractivity contribution in [2.75, 3.05) is 26.9 Å². The number of rotatable bonds is 11. The standard InChI is InChI=1S/C28H30N2O5/c1-20(2)35-26-11-7-6-10-25(26)34-19-18-33-17-16-30-27(21-12-14-22(32-3)15-13-21)29-24-9-5-4-8-23(24)28(30)31/h4-15,20H,16-19H2,1-3H3. The Morgan fingerprint density at radius 1 is 0.857 bits per heavy atom. The van der Waals surface area contributed by atoms with Crippen LogP contribution in [0.5, 0.6) is 17.2 Å². The number of hydrogen-bond donors (Lipinski definition) is 0. The van der Waals surface area contributed by atoms with Crippen molar-refractivity contribution in [3.05, 3.63) is 83.2 Å². The van der Waals surface area contributed by atoms with Crippen LogP contribution in [0.3, 0.4) is 0 Å². The molecule has 0 bridgehead atoms. The van der Waals surface area contributed by atoms with Crippen LogP contribution < -0.4 is 19.8 Å². The molecule has 7 nitrogen and oxygen atoms in total. The quantitative estimate of drug-likeness (QED) is 0.286. The molecule has 0 N–H and O–H groups in total. The van der Waals surface area contributed by atoms with Gasteiger partial charge in [-0.1, -0.05) is 24.3 Å². The van der Waals surface area contributed by atoms with Crippen molar-refractivity contribution in [2.45, 2.75) is 26.5 Å². The lowest BCUT2D eigenvalue weighted by Gasteiger charge is -2.16. The highest BCUT2D eigenvalue weighted by Gasteiger charge is 2.13. The van der Waals surface area contributed by atoms with Crippen LogP contribution in [0.15, 0.2) is 77.6 Å². The minimum atomic E-state index is -0.0963. The molecule has 35 heavy (non-hydrogen) atoms. The van der Waals surface area contributed by atoms with Gasteiger partial charge in [0.15, 0.2) is 11.5 Å². The third-order valence-electron chi connectivity index (χ3n) is 5.37. The predicted octanol–water partition coefficient (Wildman–Crippen LogP) is 4.95. The molecule has 0 fully saturated rings. The first-order valence-corrected chi connectivity index (χ1v) is 11.7. The largest absolute Gasteiger partial charge is 0.497 e. The van der Waals surface area contributed by atoms with E-state index in [9.17, 15) is 4.79 Å². The van der Waals surface area contributed by atoms with Crippen LogP contribution in [-0.4, -0.2) is 42.6 Å². The minimum absolute atomic E-state index is 0.0600. The van der Waals surface area contributed by atoms with Gasteiger partial charge in [0.25, 0.3) is 5.56 Å². The van der Waals surface area contributed by atoms with Crippen molar-refractivity contribution in [3.63, 3.8) is 0 Å². The average Bonchev–Trinajstić information content (AvgIpc) is 2.87. The fourth-order valence-electron chi connectivity index (χ4n) is 3.73. The van der Waals surface area contributed by atoms with E-state index in [1.807, 2.05) is 80.6 Å². The Bertz CT molecular complexity index is 1320. The van der Waals surface area contributed by atoms with Crippen LogP contribution in [0.1, 0.15) is 13.8 Å². The highest BCUT2D eigenvalue weighted by Crippen LogP contribution is 2.27. The first-order valence-electron chi connectivity index (χ1n) is 11.7. The van der Waals surface area contributed by atoms with Crippen LogP contribution in [0.25, 0.3) is 22.3 Å². The number of para-hydroxylation sites is 3. The van der Waals surface area contributed by atoms with Gasteiger partial charge in [-0.15, -0.1) is 0 Å². The molecule has 0 spiro atoms.